The fraction of sp³-hybridized carbons (Fsp3) is 0.308. The minimum absolute atomic E-state index is 0.0456. The topological polar surface area (TPSA) is 91.0 Å². The number of carbonyl (C=O) groups is 2. The highest BCUT2D eigenvalue weighted by molar-refractivity contribution is 6.31. The second kappa shape index (κ2) is 9.32. The van der Waals surface area contributed by atoms with Crippen LogP contribution in [0, 0.1) is 11.3 Å². The van der Waals surface area contributed by atoms with E-state index in [0.717, 1.165) is 36.8 Å². The number of benzene rings is 2. The first-order valence-corrected chi connectivity index (χ1v) is 11.9. The van der Waals surface area contributed by atoms with Gasteiger partial charge in [-0.3, -0.25) is 14.3 Å². The molecule has 0 saturated carbocycles. The largest absolute Gasteiger partial charge is 0.331 e. The summed E-state index contributed by atoms with van der Waals surface area (Å²) in [5.41, 5.74) is 4.11. The van der Waals surface area contributed by atoms with Crippen molar-refractivity contribution in [1.29, 1.82) is 5.26 Å². The van der Waals surface area contributed by atoms with E-state index < -0.39 is 0 Å². The number of nitriles is 1. The zero-order chi connectivity index (χ0) is 23.7. The fourth-order valence-corrected chi connectivity index (χ4v) is 4.87. The van der Waals surface area contributed by atoms with E-state index in [9.17, 15) is 9.59 Å². The minimum Gasteiger partial charge on any atom is -0.331 e. The summed E-state index contributed by atoms with van der Waals surface area (Å²) in [5, 5.41) is 17.4. The first-order chi connectivity index (χ1) is 16.5. The lowest BCUT2D eigenvalue weighted by molar-refractivity contribution is -0.116. The molecule has 0 aliphatic carbocycles. The molecule has 0 radical (unpaired) electrons. The normalized spacial score (nSPS) is 18.1. The van der Waals surface area contributed by atoms with Crippen molar-refractivity contribution in [3.05, 3.63) is 70.4 Å². The minimum atomic E-state index is -0.0778. The van der Waals surface area contributed by atoms with E-state index in [1.807, 2.05) is 33.8 Å². The number of anilines is 1. The average Bonchev–Trinajstić information content (AvgIpc) is 3.27. The van der Waals surface area contributed by atoms with Crippen LogP contribution in [0.15, 0.2) is 48.5 Å². The molecule has 8 heteroatoms. The van der Waals surface area contributed by atoms with Crippen molar-refractivity contribution in [3.63, 3.8) is 0 Å². The summed E-state index contributed by atoms with van der Waals surface area (Å²) in [6, 6.07) is 16.7. The molecule has 1 unspecified atom stereocenters. The Kier molecular flexibility index (Phi) is 6.08. The molecule has 34 heavy (non-hydrogen) atoms. The third kappa shape index (κ3) is 4.42. The Morgan fingerprint density at radius 3 is 2.71 bits per heavy atom. The van der Waals surface area contributed by atoms with Crippen LogP contribution in [0.1, 0.15) is 59.8 Å². The SMILES string of the molecule is N#Cc1ccc(CN2CC3CCCCCC(=O)Nc4cc(Cl)ccc4-c4cc(n3n4)C2=O)cc1. The second-order valence-electron chi connectivity index (χ2n) is 8.85. The fourth-order valence-electron chi connectivity index (χ4n) is 4.69. The van der Waals surface area contributed by atoms with Crippen molar-refractivity contribution >= 4 is 29.1 Å². The van der Waals surface area contributed by atoms with Crippen molar-refractivity contribution in [1.82, 2.24) is 14.7 Å². The van der Waals surface area contributed by atoms with E-state index >= 15 is 0 Å². The summed E-state index contributed by atoms with van der Waals surface area (Å²) in [6.45, 7) is 1.04. The third-order valence-electron chi connectivity index (χ3n) is 6.45. The van der Waals surface area contributed by atoms with Gasteiger partial charge in [-0.2, -0.15) is 10.4 Å². The van der Waals surface area contributed by atoms with Crippen LogP contribution in [-0.4, -0.2) is 33.0 Å². The Balaban J connectivity index is 1.52. The summed E-state index contributed by atoms with van der Waals surface area (Å²) in [4.78, 5) is 27.8. The molecule has 2 aromatic carbocycles. The quantitative estimate of drug-likeness (QED) is 0.555. The summed E-state index contributed by atoms with van der Waals surface area (Å²) < 4.78 is 1.87. The van der Waals surface area contributed by atoms with Crippen molar-refractivity contribution in [3.8, 4) is 17.3 Å². The molecule has 1 aromatic heterocycles. The highest BCUT2D eigenvalue weighted by atomic mass is 35.5. The van der Waals surface area contributed by atoms with Crippen LogP contribution in [0.25, 0.3) is 11.3 Å². The predicted octanol–water partition coefficient (Wildman–Crippen LogP) is 5.17. The van der Waals surface area contributed by atoms with E-state index in [2.05, 4.69) is 11.4 Å². The van der Waals surface area contributed by atoms with Crippen LogP contribution in [0.4, 0.5) is 5.69 Å². The molecule has 2 aliphatic rings. The summed E-state index contributed by atoms with van der Waals surface area (Å²) in [5.74, 6) is -0.123. The molecule has 0 fully saturated rings. The van der Waals surface area contributed by atoms with Gasteiger partial charge >= 0.3 is 0 Å². The van der Waals surface area contributed by atoms with E-state index in [4.69, 9.17) is 22.0 Å². The zero-order valence-corrected chi connectivity index (χ0v) is 19.4. The van der Waals surface area contributed by atoms with Gasteiger partial charge in [-0.15, -0.1) is 0 Å². The van der Waals surface area contributed by atoms with Gasteiger partial charge < -0.3 is 10.2 Å². The highest BCUT2D eigenvalue weighted by Gasteiger charge is 2.33. The number of amides is 2. The maximum absolute atomic E-state index is 13.5. The molecule has 5 rings (SSSR count). The molecule has 0 saturated heterocycles. The Morgan fingerprint density at radius 2 is 1.91 bits per heavy atom. The molecule has 3 aromatic rings. The number of hydrogen-bond acceptors (Lipinski definition) is 4. The monoisotopic (exact) mass is 473 g/mol. The second-order valence-corrected chi connectivity index (χ2v) is 9.28. The van der Waals surface area contributed by atoms with Crippen LogP contribution in [0.2, 0.25) is 5.02 Å². The first kappa shape index (κ1) is 22.2. The van der Waals surface area contributed by atoms with E-state index in [1.54, 1.807) is 24.3 Å². The van der Waals surface area contributed by atoms with Crippen LogP contribution < -0.4 is 5.32 Å². The van der Waals surface area contributed by atoms with Gasteiger partial charge in [0, 0.05) is 30.1 Å². The maximum Gasteiger partial charge on any atom is 0.272 e. The Labute approximate surface area is 202 Å². The van der Waals surface area contributed by atoms with Crippen LogP contribution in [0.3, 0.4) is 0 Å². The molecule has 0 spiro atoms. The molecular weight excluding hydrogens is 450 g/mol. The van der Waals surface area contributed by atoms with Gasteiger partial charge in [-0.05, 0) is 54.8 Å². The number of rotatable bonds is 2. The predicted molar refractivity (Wildman–Crippen MR) is 129 cm³/mol. The molecule has 3 heterocycles. The molecule has 172 valence electrons. The summed E-state index contributed by atoms with van der Waals surface area (Å²) in [6.07, 6.45) is 4.01. The van der Waals surface area contributed by atoms with Gasteiger partial charge in [0.15, 0.2) is 0 Å². The lowest BCUT2D eigenvalue weighted by atomic mass is 10.0. The van der Waals surface area contributed by atoms with E-state index in [0.29, 0.717) is 47.2 Å². The number of nitrogens with one attached hydrogen (secondary N) is 1. The number of carbonyl (C=O) groups excluding carboxylic acids is 2. The number of hydrogen-bond donors (Lipinski definition) is 1. The van der Waals surface area contributed by atoms with Crippen molar-refractivity contribution < 1.29 is 9.59 Å². The Morgan fingerprint density at radius 1 is 1.09 bits per heavy atom. The molecule has 1 N–H and O–H groups in total. The van der Waals surface area contributed by atoms with Gasteiger partial charge in [-0.25, -0.2) is 0 Å². The third-order valence-corrected chi connectivity index (χ3v) is 6.68. The number of halogens is 1. The van der Waals surface area contributed by atoms with Crippen molar-refractivity contribution in [2.75, 3.05) is 11.9 Å². The number of nitrogens with zero attached hydrogens (tertiary/aromatic N) is 4. The smallest absolute Gasteiger partial charge is 0.272 e. The summed E-state index contributed by atoms with van der Waals surface area (Å²) in [7, 11) is 0. The Hall–Kier alpha value is -3.63. The van der Waals surface area contributed by atoms with E-state index in [-0.39, 0.29) is 17.9 Å². The van der Waals surface area contributed by atoms with Gasteiger partial charge in [0.2, 0.25) is 5.91 Å². The molecule has 2 bridgehead atoms. The molecule has 2 aliphatic heterocycles. The molecule has 7 nitrogen and oxygen atoms in total. The standard InChI is InChI=1S/C26H24ClN5O2/c27-19-10-11-21-22(12-19)29-25(33)5-3-1-2-4-20-16-31(15-18-8-6-17(14-28)7-9-18)26(34)24-13-23(21)30-32(20)24/h6-13,20H,1-5,15-16H2,(H,29,33). The number of fused-ring (bicyclic) bond motifs is 3. The average molecular weight is 474 g/mol. The lowest BCUT2D eigenvalue weighted by Crippen LogP contribution is -2.42. The lowest BCUT2D eigenvalue weighted by Gasteiger charge is -2.33. The van der Waals surface area contributed by atoms with Crippen molar-refractivity contribution in [2.45, 2.75) is 44.7 Å². The molecule has 1 atom stereocenters. The Bertz CT molecular complexity index is 1290. The zero-order valence-electron chi connectivity index (χ0n) is 18.6. The van der Waals surface area contributed by atoms with Crippen LogP contribution in [-0.2, 0) is 11.3 Å². The van der Waals surface area contributed by atoms with Crippen molar-refractivity contribution in [2.24, 2.45) is 0 Å². The highest BCUT2D eigenvalue weighted by Crippen LogP contribution is 2.35. The summed E-state index contributed by atoms with van der Waals surface area (Å²) >= 11 is 6.21. The van der Waals surface area contributed by atoms with Gasteiger partial charge in [0.25, 0.3) is 5.91 Å². The van der Waals surface area contributed by atoms with Crippen LogP contribution >= 0.6 is 11.6 Å². The first-order valence-electron chi connectivity index (χ1n) is 11.5. The van der Waals surface area contributed by atoms with Gasteiger partial charge in [-0.1, -0.05) is 36.6 Å². The van der Waals surface area contributed by atoms with Gasteiger partial charge in [0.05, 0.1) is 29.1 Å². The molecule has 2 amide bonds. The molecular formula is C26H24ClN5O2. The van der Waals surface area contributed by atoms with E-state index in [1.165, 1.54) is 0 Å². The van der Waals surface area contributed by atoms with Gasteiger partial charge in [0.1, 0.15) is 5.69 Å². The number of aromatic nitrogens is 2. The maximum atomic E-state index is 13.5. The van der Waals surface area contributed by atoms with Crippen LogP contribution in [0.5, 0.6) is 0 Å².